The van der Waals surface area contributed by atoms with Gasteiger partial charge in [0.2, 0.25) is 0 Å². The van der Waals surface area contributed by atoms with Crippen LogP contribution in [-0.2, 0) is 14.3 Å². The lowest BCUT2D eigenvalue weighted by molar-refractivity contribution is -0.180. The number of carbonyl (C=O) groups excluding carboxylic acids is 2. The third kappa shape index (κ3) is 3.08. The topological polar surface area (TPSA) is 83.8 Å². The summed E-state index contributed by atoms with van der Waals surface area (Å²) in [5, 5.41) is 22.8. The largest absolute Gasteiger partial charge is 0.393 e. The van der Waals surface area contributed by atoms with Gasteiger partial charge in [-0.25, -0.2) is 0 Å². The number of fused-ring (bicyclic) bond motifs is 5. The summed E-state index contributed by atoms with van der Waals surface area (Å²) in [6, 6.07) is 0. The van der Waals surface area contributed by atoms with Crippen LogP contribution in [0, 0.1) is 34.5 Å². The van der Waals surface area contributed by atoms with E-state index in [4.69, 9.17) is 4.74 Å². The molecule has 3 saturated carbocycles. The van der Waals surface area contributed by atoms with Crippen LogP contribution in [0.2, 0.25) is 0 Å². The second kappa shape index (κ2) is 7.99. The number of hydrogen-bond acceptors (Lipinski definition) is 5. The first-order valence-electron chi connectivity index (χ1n) is 11.5. The molecule has 0 aromatic rings. The smallest absolute Gasteiger partial charge is 0.190 e. The van der Waals surface area contributed by atoms with Crippen LogP contribution in [0.25, 0.3) is 0 Å². The monoisotopic (exact) mass is 418 g/mol. The molecule has 0 saturated heterocycles. The number of carbonyl (C=O) groups is 2. The molecule has 30 heavy (non-hydrogen) atoms. The lowest BCUT2D eigenvalue weighted by Crippen LogP contribution is -2.62. The van der Waals surface area contributed by atoms with E-state index in [0.717, 1.165) is 18.4 Å². The molecule has 4 aliphatic carbocycles. The number of hydrogen-bond donors (Lipinski definition) is 2. The highest BCUT2D eigenvalue weighted by atomic mass is 16.5. The van der Waals surface area contributed by atoms with Gasteiger partial charge in [-0.2, -0.15) is 0 Å². The molecule has 8 atom stereocenters. The number of methoxy groups -OCH3 is 1. The number of aliphatic hydroxyl groups excluding tert-OH is 1. The predicted octanol–water partition coefficient (Wildman–Crippen LogP) is 3.48. The van der Waals surface area contributed by atoms with E-state index in [1.165, 1.54) is 7.11 Å². The van der Waals surface area contributed by atoms with E-state index in [1.54, 1.807) is 12.2 Å². The number of ketones is 2. The van der Waals surface area contributed by atoms with Crippen molar-refractivity contribution in [3.63, 3.8) is 0 Å². The first-order chi connectivity index (χ1) is 14.1. The summed E-state index contributed by atoms with van der Waals surface area (Å²) in [6.45, 7) is 10.2. The number of Topliss-reactive ketones (excluding diaryl/α,β-unsaturated/α-hetero) is 1. The van der Waals surface area contributed by atoms with Gasteiger partial charge in [-0.3, -0.25) is 9.59 Å². The van der Waals surface area contributed by atoms with E-state index in [-0.39, 0.29) is 47.3 Å². The molecule has 0 aromatic carbocycles. The van der Waals surface area contributed by atoms with Crippen molar-refractivity contribution >= 4 is 11.6 Å². The molecule has 5 heteroatoms. The Hall–Kier alpha value is -1.30. The predicted molar refractivity (Wildman–Crippen MR) is 116 cm³/mol. The van der Waals surface area contributed by atoms with Crippen LogP contribution >= 0.6 is 0 Å². The van der Waals surface area contributed by atoms with Gasteiger partial charge in [0, 0.05) is 23.9 Å². The molecule has 0 radical (unpaired) electrons. The summed E-state index contributed by atoms with van der Waals surface area (Å²) < 4.78 is 5.03. The second-order valence-corrected chi connectivity index (χ2v) is 10.00. The number of ether oxygens (including phenoxy) is 1. The fourth-order valence-corrected chi connectivity index (χ4v) is 7.46. The minimum Gasteiger partial charge on any atom is -0.393 e. The van der Waals surface area contributed by atoms with Crippen molar-refractivity contribution in [3.05, 3.63) is 23.8 Å². The molecular weight excluding hydrogens is 380 g/mol. The van der Waals surface area contributed by atoms with E-state index in [0.29, 0.717) is 12.8 Å². The lowest BCUT2D eigenvalue weighted by atomic mass is 9.45. The normalized spacial score (nSPS) is 46.7. The summed E-state index contributed by atoms with van der Waals surface area (Å²) >= 11 is 0. The van der Waals surface area contributed by atoms with E-state index in [2.05, 4.69) is 13.8 Å². The summed E-state index contributed by atoms with van der Waals surface area (Å²) in [6.07, 6.45) is 7.21. The number of rotatable bonds is 3. The fourth-order valence-electron chi connectivity index (χ4n) is 7.46. The van der Waals surface area contributed by atoms with Crippen molar-refractivity contribution in [2.24, 2.45) is 34.5 Å². The summed E-state index contributed by atoms with van der Waals surface area (Å²) in [4.78, 5) is 24.8. The molecule has 0 aromatic heterocycles. The molecule has 0 bridgehead atoms. The average molecular weight is 419 g/mol. The number of allylic oxidation sites excluding steroid dienone is 4. The highest BCUT2D eigenvalue weighted by molar-refractivity contribution is 6.01. The Kier molecular flexibility index (Phi) is 6.23. The Morgan fingerprint density at radius 2 is 1.97 bits per heavy atom. The van der Waals surface area contributed by atoms with E-state index < -0.39 is 17.1 Å². The van der Waals surface area contributed by atoms with Crippen molar-refractivity contribution in [1.82, 2.24) is 0 Å². The zero-order valence-electron chi connectivity index (χ0n) is 19.3. The van der Waals surface area contributed by atoms with Gasteiger partial charge in [0.05, 0.1) is 6.10 Å². The Morgan fingerprint density at radius 1 is 1.30 bits per heavy atom. The first-order valence-corrected chi connectivity index (χ1v) is 11.5. The molecule has 3 fully saturated rings. The Morgan fingerprint density at radius 3 is 2.60 bits per heavy atom. The van der Waals surface area contributed by atoms with Crippen LogP contribution in [0.4, 0.5) is 0 Å². The van der Waals surface area contributed by atoms with Crippen LogP contribution in [0.1, 0.15) is 60.3 Å². The van der Waals surface area contributed by atoms with Gasteiger partial charge in [0.25, 0.3) is 0 Å². The maximum absolute atomic E-state index is 12.8. The van der Waals surface area contributed by atoms with Gasteiger partial charge in [0.1, 0.15) is 12.2 Å². The Bertz CT molecular complexity index is 770. The molecule has 0 unspecified atom stereocenters. The lowest BCUT2D eigenvalue weighted by Gasteiger charge is -2.60. The molecule has 4 aliphatic rings. The van der Waals surface area contributed by atoms with E-state index in [9.17, 15) is 19.8 Å². The zero-order valence-corrected chi connectivity index (χ0v) is 19.3. The summed E-state index contributed by atoms with van der Waals surface area (Å²) in [7, 11) is 1.47. The standard InChI is InChI=1S/C23H32O5.C2H6/c1-13-9-15-16-6-8-23(27,19(26)12-28-4)22(16,3)11-18(25)20(15)21(2)7-5-14(24)10-17(13)21;1-2/h5,7,10,13,15-16,18,20,25,27H,6,8-9,11-12H2,1-4H3;1-2H3/t13-,15-,16-,18-,20+,21-,22-,23-;/m0./s1. The maximum atomic E-state index is 12.8. The van der Waals surface area contributed by atoms with Crippen LogP contribution < -0.4 is 0 Å². The van der Waals surface area contributed by atoms with Gasteiger partial charge in [-0.15, -0.1) is 0 Å². The second-order valence-electron chi connectivity index (χ2n) is 10.00. The van der Waals surface area contributed by atoms with Crippen molar-refractivity contribution in [1.29, 1.82) is 0 Å². The number of aliphatic hydroxyl groups is 2. The van der Waals surface area contributed by atoms with E-state index >= 15 is 0 Å². The average Bonchev–Trinajstić information content (AvgIpc) is 2.96. The van der Waals surface area contributed by atoms with Crippen LogP contribution in [-0.4, -0.2) is 47.2 Å². The van der Waals surface area contributed by atoms with Crippen LogP contribution in [0.5, 0.6) is 0 Å². The zero-order chi connectivity index (χ0) is 22.5. The van der Waals surface area contributed by atoms with Gasteiger partial charge in [-0.05, 0) is 55.6 Å². The molecule has 0 aliphatic heterocycles. The third-order valence-electron chi connectivity index (χ3n) is 8.71. The fraction of sp³-hybridized carbons (Fsp3) is 0.760. The third-order valence-corrected chi connectivity index (χ3v) is 8.71. The van der Waals surface area contributed by atoms with Gasteiger partial charge >= 0.3 is 0 Å². The molecular formula is C25H38O5. The minimum absolute atomic E-state index is 0.00254. The van der Waals surface area contributed by atoms with Gasteiger partial charge < -0.3 is 14.9 Å². The Balaban J connectivity index is 0.00000124. The van der Waals surface area contributed by atoms with E-state index in [1.807, 2.05) is 26.8 Å². The molecule has 4 rings (SSSR count). The van der Waals surface area contributed by atoms with Crippen LogP contribution in [0.3, 0.4) is 0 Å². The summed E-state index contributed by atoms with van der Waals surface area (Å²) in [5.41, 5.74) is -1.34. The Labute approximate surface area is 180 Å². The summed E-state index contributed by atoms with van der Waals surface area (Å²) in [5.74, 6) is 0.347. The highest BCUT2D eigenvalue weighted by Gasteiger charge is 2.68. The van der Waals surface area contributed by atoms with Crippen molar-refractivity contribution in [3.8, 4) is 0 Å². The van der Waals surface area contributed by atoms with Crippen molar-refractivity contribution < 1.29 is 24.5 Å². The quantitative estimate of drug-likeness (QED) is 0.733. The molecule has 168 valence electrons. The highest BCUT2D eigenvalue weighted by Crippen LogP contribution is 2.67. The SMILES string of the molecule is CC.COCC(=O)[C@@]1(O)CC[C@H]2[C@@H]3C[C@H](C)C4=CC(=O)C=C[C@]4(C)[C@H]3[C@@H](O)C[C@@]21C. The van der Waals surface area contributed by atoms with Gasteiger partial charge in [0.15, 0.2) is 11.6 Å². The molecule has 0 amide bonds. The minimum atomic E-state index is -1.45. The molecule has 0 spiro atoms. The van der Waals surface area contributed by atoms with Crippen LogP contribution in [0.15, 0.2) is 23.8 Å². The molecule has 2 N–H and O–H groups in total. The molecule has 5 nitrogen and oxygen atoms in total. The first kappa shape index (κ1) is 23.4. The van der Waals surface area contributed by atoms with Crippen molar-refractivity contribution in [2.45, 2.75) is 72.0 Å². The van der Waals surface area contributed by atoms with Gasteiger partial charge in [-0.1, -0.05) is 46.3 Å². The molecule has 0 heterocycles. The maximum Gasteiger partial charge on any atom is 0.190 e. The van der Waals surface area contributed by atoms with Crippen molar-refractivity contribution in [2.75, 3.05) is 13.7 Å².